The zero-order valence-electron chi connectivity index (χ0n) is 11.6. The van der Waals surface area contributed by atoms with Crippen LogP contribution in [0.3, 0.4) is 0 Å². The lowest BCUT2D eigenvalue weighted by atomic mass is 9.99. The summed E-state index contributed by atoms with van der Waals surface area (Å²) >= 11 is 0. The molecule has 8 nitrogen and oxygen atoms in total. The van der Waals surface area contributed by atoms with E-state index in [1.54, 1.807) is 13.0 Å². The van der Waals surface area contributed by atoms with E-state index in [1.165, 1.54) is 18.2 Å². The Morgan fingerprint density at radius 1 is 1.48 bits per heavy atom. The number of hydrogen-bond donors (Lipinski definition) is 2. The zero-order chi connectivity index (χ0) is 16.0. The van der Waals surface area contributed by atoms with Gasteiger partial charge in [-0.1, -0.05) is 12.1 Å². The maximum absolute atomic E-state index is 12.0. The van der Waals surface area contributed by atoms with Gasteiger partial charge in [-0.25, -0.2) is 4.79 Å². The Morgan fingerprint density at radius 3 is 2.67 bits per heavy atom. The third kappa shape index (κ3) is 4.25. The van der Waals surface area contributed by atoms with Gasteiger partial charge in [0.1, 0.15) is 0 Å². The third-order valence-electron chi connectivity index (χ3n) is 2.96. The van der Waals surface area contributed by atoms with E-state index in [2.05, 4.69) is 10.1 Å². The molecule has 21 heavy (non-hydrogen) atoms. The summed E-state index contributed by atoms with van der Waals surface area (Å²) in [7, 11) is 1.14. The summed E-state index contributed by atoms with van der Waals surface area (Å²) in [6.07, 6.45) is 0. The molecule has 0 aromatic heterocycles. The average Bonchev–Trinajstić information content (AvgIpc) is 2.50. The number of methoxy groups -OCH3 is 1. The smallest absolute Gasteiger partial charge is 0.330 e. The Kier molecular flexibility index (Phi) is 5.79. The molecule has 2 atom stereocenters. The molecule has 1 aromatic rings. The number of benzene rings is 1. The summed E-state index contributed by atoms with van der Waals surface area (Å²) in [5, 5.41) is 22.1. The fraction of sp³-hybridized carbons (Fsp3) is 0.385. The number of non-ortho nitro benzene ring substituents is 1. The van der Waals surface area contributed by atoms with Crippen LogP contribution in [0, 0.1) is 10.1 Å². The summed E-state index contributed by atoms with van der Waals surface area (Å²) in [5.41, 5.74) is 0.307. The molecule has 0 saturated heterocycles. The number of esters is 1. The Balaban J connectivity index is 2.85. The lowest BCUT2D eigenvalue weighted by Gasteiger charge is -2.17. The van der Waals surface area contributed by atoms with E-state index in [-0.39, 0.29) is 5.69 Å². The Morgan fingerprint density at radius 2 is 2.14 bits per heavy atom. The first kappa shape index (κ1) is 16.6. The molecular formula is C13H16N2O6. The van der Waals surface area contributed by atoms with Gasteiger partial charge in [0, 0.05) is 12.1 Å². The number of nitro benzene ring substituents is 1. The molecular weight excluding hydrogens is 280 g/mol. The average molecular weight is 296 g/mol. The molecule has 2 N–H and O–H groups in total. The van der Waals surface area contributed by atoms with Gasteiger partial charge in [0.15, 0.2) is 6.04 Å². The molecule has 2 unspecified atom stereocenters. The van der Waals surface area contributed by atoms with Gasteiger partial charge in [-0.15, -0.1) is 0 Å². The summed E-state index contributed by atoms with van der Waals surface area (Å²) in [5.74, 6) is -2.03. The maximum atomic E-state index is 12.0. The first-order chi connectivity index (χ1) is 9.90. The van der Waals surface area contributed by atoms with Crippen molar-refractivity contribution >= 4 is 17.6 Å². The van der Waals surface area contributed by atoms with Crippen molar-refractivity contribution in [1.29, 1.82) is 0 Å². The first-order valence-electron chi connectivity index (χ1n) is 6.14. The highest BCUT2D eigenvalue weighted by atomic mass is 16.6. The molecule has 8 heteroatoms. The van der Waals surface area contributed by atoms with Gasteiger partial charge in [-0.2, -0.15) is 0 Å². The molecule has 0 fully saturated rings. The lowest BCUT2D eigenvalue weighted by Crippen LogP contribution is -2.45. The first-order valence-corrected chi connectivity index (χ1v) is 6.14. The number of aliphatic hydroxyl groups is 1. The van der Waals surface area contributed by atoms with Gasteiger partial charge in [0.2, 0.25) is 5.91 Å². The number of nitrogens with one attached hydrogen (secondary N) is 1. The van der Waals surface area contributed by atoms with Crippen molar-refractivity contribution < 1.29 is 24.4 Å². The monoisotopic (exact) mass is 296 g/mol. The van der Waals surface area contributed by atoms with Crippen molar-refractivity contribution in [2.75, 3.05) is 13.7 Å². The van der Waals surface area contributed by atoms with Crippen LogP contribution in [0.2, 0.25) is 0 Å². The molecule has 0 spiro atoms. The summed E-state index contributed by atoms with van der Waals surface area (Å²) < 4.78 is 4.44. The third-order valence-corrected chi connectivity index (χ3v) is 2.96. The Bertz CT molecular complexity index is 545. The number of ether oxygens (including phenoxy) is 1. The molecule has 1 rings (SSSR count). The van der Waals surface area contributed by atoms with Crippen LogP contribution in [0.25, 0.3) is 0 Å². The number of nitrogens with zero attached hydrogens (tertiary/aromatic N) is 1. The molecule has 114 valence electrons. The topological polar surface area (TPSA) is 119 Å². The normalized spacial score (nSPS) is 13.1. The van der Waals surface area contributed by atoms with Gasteiger partial charge in [-0.3, -0.25) is 14.9 Å². The number of carbonyl (C=O) groups is 2. The molecule has 0 aliphatic carbocycles. The number of carbonyl (C=O) groups excluding carboxylic acids is 2. The minimum Gasteiger partial charge on any atom is -0.467 e. The highest BCUT2D eigenvalue weighted by Gasteiger charge is 2.24. The highest BCUT2D eigenvalue weighted by molar-refractivity contribution is 5.88. The molecule has 0 aliphatic rings. The van der Waals surface area contributed by atoms with Crippen molar-refractivity contribution in [1.82, 2.24) is 5.32 Å². The fourth-order valence-corrected chi connectivity index (χ4v) is 1.68. The second-order valence-corrected chi connectivity index (χ2v) is 4.34. The van der Waals surface area contributed by atoms with Crippen molar-refractivity contribution in [2.24, 2.45) is 0 Å². The van der Waals surface area contributed by atoms with E-state index in [0.29, 0.717) is 5.56 Å². The molecule has 0 bridgehead atoms. The predicted octanol–water partition coefficient (Wildman–Crippen LogP) is 0.348. The minimum absolute atomic E-state index is 0.126. The number of amides is 1. The van der Waals surface area contributed by atoms with Crippen molar-refractivity contribution in [3.63, 3.8) is 0 Å². The van der Waals surface area contributed by atoms with Gasteiger partial charge in [0.05, 0.1) is 24.6 Å². The molecule has 0 radical (unpaired) electrons. The molecule has 0 heterocycles. The van der Waals surface area contributed by atoms with Crippen LogP contribution < -0.4 is 5.32 Å². The standard InChI is InChI=1S/C13H16N2O6/c1-8(9-4-3-5-10(6-9)15(19)20)12(17)14-11(7-16)13(18)21-2/h3-6,8,11,16H,7H2,1-2H3,(H,14,17). The highest BCUT2D eigenvalue weighted by Crippen LogP contribution is 2.20. The van der Waals surface area contributed by atoms with E-state index in [1.807, 2.05) is 0 Å². The largest absolute Gasteiger partial charge is 0.467 e. The molecule has 1 amide bonds. The Labute approximate surface area is 120 Å². The van der Waals surface area contributed by atoms with Gasteiger partial charge in [-0.05, 0) is 12.5 Å². The van der Waals surface area contributed by atoms with E-state index in [4.69, 9.17) is 5.11 Å². The summed E-state index contributed by atoms with van der Waals surface area (Å²) in [6, 6.07) is 4.49. The van der Waals surface area contributed by atoms with E-state index in [9.17, 15) is 19.7 Å². The number of nitro groups is 1. The van der Waals surface area contributed by atoms with Crippen LogP contribution in [0.4, 0.5) is 5.69 Å². The maximum Gasteiger partial charge on any atom is 0.330 e. The van der Waals surface area contributed by atoms with Gasteiger partial charge >= 0.3 is 5.97 Å². The number of hydrogen-bond acceptors (Lipinski definition) is 6. The van der Waals surface area contributed by atoms with E-state index < -0.39 is 35.4 Å². The molecule has 0 saturated carbocycles. The van der Waals surface area contributed by atoms with Crippen LogP contribution in [0.1, 0.15) is 18.4 Å². The molecule has 1 aromatic carbocycles. The van der Waals surface area contributed by atoms with Crippen LogP contribution >= 0.6 is 0 Å². The van der Waals surface area contributed by atoms with E-state index >= 15 is 0 Å². The van der Waals surface area contributed by atoms with Crippen molar-refractivity contribution in [3.05, 3.63) is 39.9 Å². The van der Waals surface area contributed by atoms with Gasteiger partial charge < -0.3 is 15.2 Å². The fourth-order valence-electron chi connectivity index (χ4n) is 1.68. The van der Waals surface area contributed by atoms with Crippen molar-refractivity contribution in [3.8, 4) is 0 Å². The summed E-state index contributed by atoms with van der Waals surface area (Å²) in [4.78, 5) is 33.5. The SMILES string of the molecule is COC(=O)C(CO)NC(=O)C(C)c1cccc([N+](=O)[O-])c1. The van der Waals surface area contributed by atoms with E-state index in [0.717, 1.165) is 7.11 Å². The van der Waals surface area contributed by atoms with Crippen LogP contribution in [0.15, 0.2) is 24.3 Å². The number of rotatable bonds is 6. The van der Waals surface area contributed by atoms with Crippen molar-refractivity contribution in [2.45, 2.75) is 18.9 Å². The number of aliphatic hydroxyl groups excluding tert-OH is 1. The van der Waals surface area contributed by atoms with Crippen LogP contribution in [0.5, 0.6) is 0 Å². The van der Waals surface area contributed by atoms with Gasteiger partial charge in [0.25, 0.3) is 5.69 Å². The Hall–Kier alpha value is -2.48. The predicted molar refractivity (Wildman–Crippen MR) is 72.5 cm³/mol. The second kappa shape index (κ2) is 7.34. The summed E-state index contributed by atoms with van der Waals surface area (Å²) in [6.45, 7) is 0.945. The minimum atomic E-state index is -1.16. The zero-order valence-corrected chi connectivity index (χ0v) is 11.6. The second-order valence-electron chi connectivity index (χ2n) is 4.34. The van der Waals surface area contributed by atoms with Crippen LogP contribution in [-0.2, 0) is 14.3 Å². The van der Waals surface area contributed by atoms with Crippen LogP contribution in [-0.4, -0.2) is 41.7 Å². The molecule has 0 aliphatic heterocycles. The quantitative estimate of drug-likeness (QED) is 0.444. The lowest BCUT2D eigenvalue weighted by molar-refractivity contribution is -0.384.